The Morgan fingerprint density at radius 3 is 2.67 bits per heavy atom. The molecule has 0 saturated heterocycles. The van der Waals surface area contributed by atoms with Crippen LogP contribution in [0.25, 0.3) is 0 Å². The van der Waals surface area contributed by atoms with Crippen molar-refractivity contribution in [1.29, 1.82) is 0 Å². The zero-order valence-corrected chi connectivity index (χ0v) is 14.0. The zero-order valence-electron chi connectivity index (χ0n) is 14.0. The standard InChI is InChI=1S/C19H31NO/c1-15(2)17-11-10-16(3)19(14-17)21-13-7-12-20-18-8-5-4-6-9-18/h10-11,14-15,18,20H,4-9,12-13H2,1-3H3. The average molecular weight is 289 g/mol. The third kappa shape index (κ3) is 5.35. The van der Waals surface area contributed by atoms with Crippen LogP contribution in [0.3, 0.4) is 0 Å². The first-order chi connectivity index (χ1) is 10.2. The van der Waals surface area contributed by atoms with E-state index in [0.29, 0.717) is 5.92 Å². The van der Waals surface area contributed by atoms with Crippen LogP contribution >= 0.6 is 0 Å². The fourth-order valence-electron chi connectivity index (χ4n) is 3.00. The summed E-state index contributed by atoms with van der Waals surface area (Å²) in [6.07, 6.45) is 8.02. The lowest BCUT2D eigenvalue weighted by atomic mass is 9.95. The molecule has 0 spiro atoms. The van der Waals surface area contributed by atoms with Gasteiger partial charge in [-0.05, 0) is 55.8 Å². The van der Waals surface area contributed by atoms with Crippen molar-refractivity contribution in [3.8, 4) is 5.75 Å². The van der Waals surface area contributed by atoms with Gasteiger partial charge in [0, 0.05) is 6.04 Å². The van der Waals surface area contributed by atoms with E-state index in [1.165, 1.54) is 43.2 Å². The molecule has 2 rings (SSSR count). The number of hydrogen-bond acceptors (Lipinski definition) is 2. The van der Waals surface area contributed by atoms with Crippen LogP contribution in [0.15, 0.2) is 18.2 Å². The molecular formula is C19H31NO. The van der Waals surface area contributed by atoms with E-state index in [2.05, 4.69) is 44.3 Å². The highest BCUT2D eigenvalue weighted by molar-refractivity contribution is 5.37. The predicted octanol–water partition coefficient (Wildman–Crippen LogP) is 4.81. The highest BCUT2D eigenvalue weighted by Gasteiger charge is 2.11. The maximum absolute atomic E-state index is 5.98. The van der Waals surface area contributed by atoms with Crippen LogP contribution in [0.2, 0.25) is 0 Å². The Morgan fingerprint density at radius 2 is 1.95 bits per heavy atom. The van der Waals surface area contributed by atoms with E-state index in [1.807, 2.05) is 0 Å². The molecule has 1 aliphatic rings. The Morgan fingerprint density at radius 1 is 1.19 bits per heavy atom. The Balaban J connectivity index is 1.69. The quantitative estimate of drug-likeness (QED) is 0.727. The molecule has 0 aromatic heterocycles. The van der Waals surface area contributed by atoms with Crippen molar-refractivity contribution < 1.29 is 4.74 Å². The number of benzene rings is 1. The molecule has 1 saturated carbocycles. The molecule has 118 valence electrons. The summed E-state index contributed by atoms with van der Waals surface area (Å²) in [5, 5.41) is 3.67. The first-order valence-corrected chi connectivity index (χ1v) is 8.63. The van der Waals surface area contributed by atoms with Gasteiger partial charge in [0.2, 0.25) is 0 Å². The van der Waals surface area contributed by atoms with E-state index in [4.69, 9.17) is 4.74 Å². The van der Waals surface area contributed by atoms with Gasteiger partial charge in [0.25, 0.3) is 0 Å². The minimum absolute atomic E-state index is 0.556. The van der Waals surface area contributed by atoms with Crippen molar-refractivity contribution in [3.05, 3.63) is 29.3 Å². The number of hydrogen-bond donors (Lipinski definition) is 1. The van der Waals surface area contributed by atoms with Crippen LogP contribution in [0.5, 0.6) is 5.75 Å². The van der Waals surface area contributed by atoms with Crippen LogP contribution in [0.1, 0.15) is 69.4 Å². The Bertz CT molecular complexity index is 422. The molecule has 2 heteroatoms. The van der Waals surface area contributed by atoms with Crippen molar-refractivity contribution in [2.75, 3.05) is 13.2 Å². The summed E-state index contributed by atoms with van der Waals surface area (Å²) in [7, 11) is 0. The van der Waals surface area contributed by atoms with Crippen LogP contribution < -0.4 is 10.1 Å². The molecule has 0 bridgehead atoms. The Kier molecular flexibility index (Phi) is 6.56. The van der Waals surface area contributed by atoms with Gasteiger partial charge in [0.1, 0.15) is 5.75 Å². The van der Waals surface area contributed by atoms with Crippen molar-refractivity contribution in [2.45, 2.75) is 71.3 Å². The molecule has 1 aromatic rings. The second-order valence-electron chi connectivity index (χ2n) is 6.67. The zero-order chi connectivity index (χ0) is 15.1. The van der Waals surface area contributed by atoms with Gasteiger partial charge < -0.3 is 10.1 Å². The first kappa shape index (κ1) is 16.4. The van der Waals surface area contributed by atoms with Gasteiger partial charge in [-0.25, -0.2) is 0 Å². The van der Waals surface area contributed by atoms with Gasteiger partial charge in [-0.2, -0.15) is 0 Å². The Labute approximate surface area is 130 Å². The molecule has 1 fully saturated rings. The van der Waals surface area contributed by atoms with Crippen LogP contribution in [-0.4, -0.2) is 19.2 Å². The predicted molar refractivity (Wildman–Crippen MR) is 90.3 cm³/mol. The lowest BCUT2D eigenvalue weighted by molar-refractivity contribution is 0.295. The van der Waals surface area contributed by atoms with E-state index in [0.717, 1.165) is 31.4 Å². The summed E-state index contributed by atoms with van der Waals surface area (Å²) in [5.41, 5.74) is 2.59. The fourth-order valence-corrected chi connectivity index (χ4v) is 3.00. The number of ether oxygens (including phenoxy) is 1. The summed E-state index contributed by atoms with van der Waals surface area (Å²) in [5.74, 6) is 1.61. The van der Waals surface area contributed by atoms with Crippen molar-refractivity contribution in [1.82, 2.24) is 5.32 Å². The van der Waals surface area contributed by atoms with E-state index in [1.54, 1.807) is 0 Å². The second kappa shape index (κ2) is 8.43. The van der Waals surface area contributed by atoms with Gasteiger partial charge in [-0.15, -0.1) is 0 Å². The third-order valence-corrected chi connectivity index (χ3v) is 4.50. The maximum atomic E-state index is 5.98. The van der Waals surface area contributed by atoms with Crippen LogP contribution in [0.4, 0.5) is 0 Å². The van der Waals surface area contributed by atoms with Gasteiger partial charge in [-0.3, -0.25) is 0 Å². The van der Waals surface area contributed by atoms with E-state index >= 15 is 0 Å². The highest BCUT2D eigenvalue weighted by Crippen LogP contribution is 2.24. The van der Waals surface area contributed by atoms with E-state index in [-0.39, 0.29) is 0 Å². The van der Waals surface area contributed by atoms with Gasteiger partial charge in [-0.1, -0.05) is 45.2 Å². The highest BCUT2D eigenvalue weighted by atomic mass is 16.5. The minimum atomic E-state index is 0.556. The monoisotopic (exact) mass is 289 g/mol. The molecule has 0 aliphatic heterocycles. The molecule has 0 radical (unpaired) electrons. The molecule has 0 unspecified atom stereocenters. The van der Waals surface area contributed by atoms with Gasteiger partial charge in [0.15, 0.2) is 0 Å². The fraction of sp³-hybridized carbons (Fsp3) is 0.684. The van der Waals surface area contributed by atoms with Gasteiger partial charge >= 0.3 is 0 Å². The topological polar surface area (TPSA) is 21.3 Å². The first-order valence-electron chi connectivity index (χ1n) is 8.63. The average Bonchev–Trinajstić information content (AvgIpc) is 2.49. The molecular weight excluding hydrogens is 258 g/mol. The maximum Gasteiger partial charge on any atom is 0.122 e. The van der Waals surface area contributed by atoms with Crippen LogP contribution in [0, 0.1) is 6.92 Å². The summed E-state index contributed by atoms with van der Waals surface area (Å²) >= 11 is 0. The molecule has 1 N–H and O–H groups in total. The second-order valence-corrected chi connectivity index (χ2v) is 6.67. The van der Waals surface area contributed by atoms with Crippen molar-refractivity contribution >= 4 is 0 Å². The molecule has 21 heavy (non-hydrogen) atoms. The smallest absolute Gasteiger partial charge is 0.122 e. The normalized spacial score (nSPS) is 16.4. The van der Waals surface area contributed by atoms with E-state index in [9.17, 15) is 0 Å². The van der Waals surface area contributed by atoms with Crippen molar-refractivity contribution in [3.63, 3.8) is 0 Å². The summed E-state index contributed by atoms with van der Waals surface area (Å²) in [6, 6.07) is 7.33. The van der Waals surface area contributed by atoms with Crippen LogP contribution in [-0.2, 0) is 0 Å². The third-order valence-electron chi connectivity index (χ3n) is 4.50. The summed E-state index contributed by atoms with van der Waals surface area (Å²) in [4.78, 5) is 0. The van der Waals surface area contributed by atoms with E-state index < -0.39 is 0 Å². The number of rotatable bonds is 7. The largest absolute Gasteiger partial charge is 0.493 e. The molecule has 1 aromatic carbocycles. The molecule has 2 nitrogen and oxygen atoms in total. The number of nitrogens with one attached hydrogen (secondary N) is 1. The van der Waals surface area contributed by atoms with Gasteiger partial charge in [0.05, 0.1) is 6.61 Å². The summed E-state index contributed by atoms with van der Waals surface area (Å²) in [6.45, 7) is 8.46. The SMILES string of the molecule is Cc1ccc(C(C)C)cc1OCCCNC1CCCCC1. The molecule has 0 amide bonds. The molecule has 0 atom stereocenters. The number of aryl methyl sites for hydroxylation is 1. The lowest BCUT2D eigenvalue weighted by Gasteiger charge is -2.22. The molecule has 0 heterocycles. The molecule has 1 aliphatic carbocycles. The minimum Gasteiger partial charge on any atom is -0.493 e. The summed E-state index contributed by atoms with van der Waals surface area (Å²) < 4.78 is 5.98. The lowest BCUT2D eigenvalue weighted by Crippen LogP contribution is -2.32. The Hall–Kier alpha value is -1.02. The van der Waals surface area contributed by atoms with Crippen molar-refractivity contribution in [2.24, 2.45) is 0 Å².